The summed E-state index contributed by atoms with van der Waals surface area (Å²) >= 11 is 3.29. The molecule has 0 N–H and O–H groups in total. The van der Waals surface area contributed by atoms with Crippen LogP contribution in [-0.4, -0.2) is 68.9 Å². The quantitative estimate of drug-likeness (QED) is 0.216. The smallest absolute Gasteiger partial charge is 0.312 e. The van der Waals surface area contributed by atoms with E-state index in [4.69, 9.17) is 13.7 Å². The lowest BCUT2D eigenvalue weighted by Gasteiger charge is -2.35. The number of halogens is 1. The second kappa shape index (κ2) is 12.7. The van der Waals surface area contributed by atoms with Crippen molar-refractivity contribution in [1.29, 1.82) is 0 Å². The minimum absolute atomic E-state index is 0.0111. The largest absolute Gasteiger partial charge is 0.469 e. The van der Waals surface area contributed by atoms with Crippen LogP contribution in [0.4, 0.5) is 0 Å². The number of amides is 1. The van der Waals surface area contributed by atoms with Gasteiger partial charge in [0, 0.05) is 23.9 Å². The third-order valence-electron chi connectivity index (χ3n) is 10.3. The number of fused-ring (bicyclic) bond motifs is 1. The van der Waals surface area contributed by atoms with E-state index in [1.54, 1.807) is 12.1 Å². The molecule has 1 aliphatic heterocycles. The van der Waals surface area contributed by atoms with Gasteiger partial charge in [0.2, 0.25) is 5.91 Å². The van der Waals surface area contributed by atoms with Crippen LogP contribution >= 0.6 is 15.9 Å². The van der Waals surface area contributed by atoms with Gasteiger partial charge in [0.05, 0.1) is 41.9 Å². The Kier molecular flexibility index (Phi) is 9.61. The van der Waals surface area contributed by atoms with Crippen LogP contribution in [0.25, 0.3) is 0 Å². The molecule has 1 saturated heterocycles. The number of hydrogen-bond donors (Lipinski definition) is 0. The zero-order valence-electron chi connectivity index (χ0n) is 26.6. The van der Waals surface area contributed by atoms with Gasteiger partial charge in [0.1, 0.15) is 6.10 Å². The van der Waals surface area contributed by atoms with Gasteiger partial charge in [-0.15, -0.1) is 0 Å². The van der Waals surface area contributed by atoms with E-state index >= 15 is 0 Å². The fourth-order valence-electron chi connectivity index (χ4n) is 7.46. The van der Waals surface area contributed by atoms with E-state index < -0.39 is 56.9 Å². The fraction of sp³-hybridized carbons (Fsp3) is 0.697. The molecule has 12 heteroatoms. The average molecular weight is 711 g/mol. The Balaban J connectivity index is 1.37. The molecule has 1 heterocycles. The molecule has 3 saturated carbocycles. The summed E-state index contributed by atoms with van der Waals surface area (Å²) in [7, 11) is -2.92. The van der Waals surface area contributed by atoms with Gasteiger partial charge in [-0.25, -0.2) is 0 Å². The van der Waals surface area contributed by atoms with Gasteiger partial charge in [-0.2, -0.15) is 8.42 Å². The van der Waals surface area contributed by atoms with Crippen molar-refractivity contribution in [3.8, 4) is 0 Å². The number of ketones is 1. The van der Waals surface area contributed by atoms with Crippen LogP contribution in [0.3, 0.4) is 0 Å². The predicted molar refractivity (Wildman–Crippen MR) is 167 cm³/mol. The number of hydrogen-bond acceptors (Lipinski definition) is 9. The number of nitrogens with zero attached hydrogens (tertiary/aromatic N) is 1. The Labute approximate surface area is 274 Å². The summed E-state index contributed by atoms with van der Waals surface area (Å²) in [4.78, 5) is 55.5. The Bertz CT molecular complexity index is 1430. The molecule has 45 heavy (non-hydrogen) atoms. The van der Waals surface area contributed by atoms with Gasteiger partial charge in [0.25, 0.3) is 10.1 Å². The van der Waals surface area contributed by atoms with Crippen molar-refractivity contribution in [2.75, 3.05) is 13.7 Å². The minimum atomic E-state index is -4.21. The predicted octanol–water partition coefficient (Wildman–Crippen LogP) is 5.07. The molecule has 0 spiro atoms. The van der Waals surface area contributed by atoms with E-state index in [0.717, 1.165) is 12.8 Å². The Morgan fingerprint density at radius 1 is 1.02 bits per heavy atom. The molecule has 4 fully saturated rings. The number of likely N-dealkylation sites (tertiary alicyclic amines) is 1. The number of benzene rings is 1. The molecule has 0 radical (unpaired) electrons. The molecular formula is C33H44BrNO9S. The van der Waals surface area contributed by atoms with Crippen molar-refractivity contribution < 1.29 is 41.3 Å². The highest BCUT2D eigenvalue weighted by molar-refractivity contribution is 9.10. The number of methoxy groups -OCH3 is 1. The van der Waals surface area contributed by atoms with Gasteiger partial charge in [-0.1, -0.05) is 50.0 Å². The normalized spacial score (nSPS) is 31.2. The highest BCUT2D eigenvalue weighted by atomic mass is 79.9. The van der Waals surface area contributed by atoms with Gasteiger partial charge < -0.3 is 14.4 Å². The molecule has 1 aromatic rings. The van der Waals surface area contributed by atoms with Crippen LogP contribution < -0.4 is 0 Å². The lowest BCUT2D eigenvalue weighted by molar-refractivity contribution is -0.157. The summed E-state index contributed by atoms with van der Waals surface area (Å²) in [6, 6.07) is 4.96. The number of carbonyl (C=O) groups is 4. The van der Waals surface area contributed by atoms with Crippen molar-refractivity contribution in [1.82, 2.24) is 4.90 Å². The Morgan fingerprint density at radius 2 is 1.67 bits per heavy atom. The summed E-state index contributed by atoms with van der Waals surface area (Å²) in [6.07, 6.45) is 2.68. The second-order valence-electron chi connectivity index (χ2n) is 14.4. The van der Waals surface area contributed by atoms with Crippen molar-refractivity contribution in [3.05, 3.63) is 28.7 Å². The third-order valence-corrected chi connectivity index (χ3v) is 12.2. The first-order valence-corrected chi connectivity index (χ1v) is 18.1. The van der Waals surface area contributed by atoms with E-state index in [1.807, 2.05) is 27.7 Å². The summed E-state index contributed by atoms with van der Waals surface area (Å²) in [5.74, 6) is -1.25. The van der Waals surface area contributed by atoms with Gasteiger partial charge in [0.15, 0.2) is 5.78 Å². The first kappa shape index (κ1) is 34.0. The van der Waals surface area contributed by atoms with Crippen molar-refractivity contribution in [2.45, 2.75) is 102 Å². The summed E-state index contributed by atoms with van der Waals surface area (Å²) in [5.41, 5.74) is -1.62. The molecule has 0 aromatic heterocycles. The standard InChI is InChI=1S/C33H44BrNO9S/c1-6-21-16-33(21,31(39)42-5)17-28(36)27-14-24(44-45(40,41)25-9-7-22(34)8-10-25)18-35(27)30(38)26(32(2,3)4)15-29(37)43-23-12-19-11-20(19)13-23/h7-10,19-21,23-24,26-27H,6,11-18H2,1-5H3/t19-,20+,21-,23?,24-,26-,27+,33-/m1/s1. The van der Waals surface area contributed by atoms with Crippen LogP contribution in [0.1, 0.15) is 79.1 Å². The maximum absolute atomic E-state index is 14.3. The van der Waals surface area contributed by atoms with Crippen LogP contribution in [0.2, 0.25) is 0 Å². The number of Topliss-reactive ketones (excluding diaryl/α,β-unsaturated/α-hetero) is 1. The minimum Gasteiger partial charge on any atom is -0.469 e. The molecule has 0 bridgehead atoms. The lowest BCUT2D eigenvalue weighted by atomic mass is 9.77. The van der Waals surface area contributed by atoms with Crippen LogP contribution in [0.15, 0.2) is 33.6 Å². The monoisotopic (exact) mass is 709 g/mol. The molecule has 1 unspecified atom stereocenters. The average Bonchev–Trinajstić information content (AvgIpc) is 3.78. The summed E-state index contributed by atoms with van der Waals surface area (Å²) < 4.78 is 43.5. The maximum atomic E-state index is 14.3. The van der Waals surface area contributed by atoms with Crippen LogP contribution in [0, 0.1) is 34.5 Å². The number of esters is 2. The number of ether oxygens (including phenoxy) is 2. The van der Waals surface area contributed by atoms with Crippen molar-refractivity contribution in [3.63, 3.8) is 0 Å². The summed E-state index contributed by atoms with van der Waals surface area (Å²) in [5, 5.41) is 0. The number of carbonyl (C=O) groups excluding carboxylic acids is 4. The van der Waals surface area contributed by atoms with E-state index in [1.165, 1.54) is 30.6 Å². The van der Waals surface area contributed by atoms with E-state index in [2.05, 4.69) is 15.9 Å². The number of rotatable bonds is 12. The molecule has 4 aliphatic rings. The zero-order chi connectivity index (χ0) is 32.9. The molecular weight excluding hydrogens is 666 g/mol. The van der Waals surface area contributed by atoms with Gasteiger partial charge in [-0.05, 0) is 73.1 Å². The van der Waals surface area contributed by atoms with E-state index in [9.17, 15) is 27.6 Å². The lowest BCUT2D eigenvalue weighted by Crippen LogP contribution is -2.48. The Hall–Kier alpha value is -2.31. The molecule has 248 valence electrons. The maximum Gasteiger partial charge on any atom is 0.312 e. The van der Waals surface area contributed by atoms with Crippen molar-refractivity contribution >= 4 is 49.7 Å². The summed E-state index contributed by atoms with van der Waals surface area (Å²) in [6.45, 7) is 7.36. The van der Waals surface area contributed by atoms with Crippen LogP contribution in [0.5, 0.6) is 0 Å². The molecule has 5 rings (SSSR count). The van der Waals surface area contributed by atoms with Gasteiger partial charge in [-0.3, -0.25) is 23.4 Å². The first-order chi connectivity index (χ1) is 21.1. The molecule has 1 amide bonds. The van der Waals surface area contributed by atoms with Crippen molar-refractivity contribution in [2.24, 2.45) is 34.5 Å². The highest BCUT2D eigenvalue weighted by Gasteiger charge is 2.62. The molecule has 8 atom stereocenters. The third kappa shape index (κ3) is 7.32. The topological polar surface area (TPSA) is 133 Å². The first-order valence-electron chi connectivity index (χ1n) is 15.9. The SMILES string of the molecule is CC[C@@H]1C[C@]1(CC(=O)[C@@H]1C[C@@H](OS(=O)(=O)c2ccc(Br)cc2)CN1C(=O)[C@@H](CC(=O)OC1C[C@@H]2C[C@@H]2C1)C(C)(C)C)C(=O)OC. The Morgan fingerprint density at radius 3 is 2.22 bits per heavy atom. The van der Waals surface area contributed by atoms with E-state index in [0.29, 0.717) is 29.2 Å². The molecule has 1 aromatic carbocycles. The zero-order valence-corrected chi connectivity index (χ0v) is 29.0. The fourth-order valence-corrected chi connectivity index (χ4v) is 8.80. The second-order valence-corrected chi connectivity index (χ2v) is 16.9. The van der Waals surface area contributed by atoms with Crippen LogP contribution in [-0.2, 0) is 43.0 Å². The van der Waals surface area contributed by atoms with Gasteiger partial charge >= 0.3 is 11.9 Å². The van der Waals surface area contributed by atoms with E-state index in [-0.39, 0.29) is 48.5 Å². The molecule has 3 aliphatic carbocycles. The highest BCUT2D eigenvalue weighted by Crippen LogP contribution is 2.58. The molecule has 10 nitrogen and oxygen atoms in total.